The number of carbonyl (C=O) groups is 2. The van der Waals surface area contributed by atoms with Crippen LogP contribution in [0.15, 0.2) is 24.3 Å². The molecular formula is C19H31ClN4O3. The van der Waals surface area contributed by atoms with Crippen LogP contribution in [0.3, 0.4) is 0 Å². The number of urea groups is 1. The van der Waals surface area contributed by atoms with E-state index in [0.717, 1.165) is 17.8 Å². The number of amides is 3. The third kappa shape index (κ3) is 7.36. The second-order valence-electron chi connectivity index (χ2n) is 6.44. The van der Waals surface area contributed by atoms with E-state index in [4.69, 9.17) is 4.74 Å². The SMILES string of the molecule is CCN(CC)C(=O)Nc1ccc(C(C)NC(=O)CC2COCCN2)cc1.Cl. The van der Waals surface area contributed by atoms with E-state index in [1.165, 1.54) is 0 Å². The summed E-state index contributed by atoms with van der Waals surface area (Å²) < 4.78 is 5.37. The number of nitrogens with one attached hydrogen (secondary N) is 3. The summed E-state index contributed by atoms with van der Waals surface area (Å²) in [6.45, 7) is 9.25. The molecule has 1 aliphatic rings. The Balaban J connectivity index is 0.00000364. The number of anilines is 1. The van der Waals surface area contributed by atoms with Gasteiger partial charge in [-0.1, -0.05) is 12.1 Å². The predicted molar refractivity (Wildman–Crippen MR) is 109 cm³/mol. The van der Waals surface area contributed by atoms with Crippen molar-refractivity contribution in [2.75, 3.05) is 38.2 Å². The molecule has 2 rings (SSSR count). The number of hydrogen-bond donors (Lipinski definition) is 3. The van der Waals surface area contributed by atoms with Crippen LogP contribution in [0.25, 0.3) is 0 Å². The van der Waals surface area contributed by atoms with Crippen molar-refractivity contribution >= 4 is 30.0 Å². The van der Waals surface area contributed by atoms with Crippen LogP contribution in [0.1, 0.15) is 38.8 Å². The van der Waals surface area contributed by atoms with E-state index in [9.17, 15) is 9.59 Å². The van der Waals surface area contributed by atoms with Crippen LogP contribution in [0.4, 0.5) is 10.5 Å². The van der Waals surface area contributed by atoms with Gasteiger partial charge in [0.15, 0.2) is 0 Å². The Morgan fingerprint density at radius 2 is 1.93 bits per heavy atom. The zero-order chi connectivity index (χ0) is 18.9. The van der Waals surface area contributed by atoms with E-state index in [0.29, 0.717) is 32.7 Å². The number of benzene rings is 1. The van der Waals surface area contributed by atoms with Crippen LogP contribution in [0.2, 0.25) is 0 Å². The molecule has 7 nitrogen and oxygen atoms in total. The van der Waals surface area contributed by atoms with Gasteiger partial charge in [0.2, 0.25) is 5.91 Å². The summed E-state index contributed by atoms with van der Waals surface area (Å²) in [5.74, 6) is -0.000544. The quantitative estimate of drug-likeness (QED) is 0.659. The number of morpholine rings is 1. The highest BCUT2D eigenvalue weighted by Crippen LogP contribution is 2.17. The summed E-state index contributed by atoms with van der Waals surface area (Å²) in [7, 11) is 0. The molecule has 152 valence electrons. The lowest BCUT2D eigenvalue weighted by molar-refractivity contribution is -0.122. The summed E-state index contributed by atoms with van der Waals surface area (Å²) in [4.78, 5) is 26.0. The molecule has 1 aromatic rings. The maximum atomic E-state index is 12.2. The van der Waals surface area contributed by atoms with Gasteiger partial charge in [0.25, 0.3) is 0 Å². The molecule has 1 aliphatic heterocycles. The Kier molecular flexibility index (Phi) is 10.1. The topological polar surface area (TPSA) is 82.7 Å². The molecule has 1 aromatic carbocycles. The van der Waals surface area contributed by atoms with Crippen molar-refractivity contribution in [1.82, 2.24) is 15.5 Å². The van der Waals surface area contributed by atoms with E-state index in [-0.39, 0.29) is 36.4 Å². The van der Waals surface area contributed by atoms with Gasteiger partial charge in [-0.3, -0.25) is 4.79 Å². The van der Waals surface area contributed by atoms with Crippen molar-refractivity contribution in [1.29, 1.82) is 0 Å². The molecule has 2 unspecified atom stereocenters. The molecule has 0 spiro atoms. The van der Waals surface area contributed by atoms with Crippen LogP contribution < -0.4 is 16.0 Å². The van der Waals surface area contributed by atoms with Gasteiger partial charge in [-0.25, -0.2) is 4.79 Å². The first kappa shape index (κ1) is 23.2. The highest BCUT2D eigenvalue weighted by Gasteiger charge is 2.18. The predicted octanol–water partition coefficient (Wildman–Crippen LogP) is 2.54. The Morgan fingerprint density at radius 3 is 2.48 bits per heavy atom. The third-order valence-electron chi connectivity index (χ3n) is 4.52. The summed E-state index contributed by atoms with van der Waals surface area (Å²) in [5, 5.41) is 9.17. The number of hydrogen-bond acceptors (Lipinski definition) is 4. The van der Waals surface area contributed by atoms with Crippen LogP contribution in [0.5, 0.6) is 0 Å². The summed E-state index contributed by atoms with van der Waals surface area (Å²) >= 11 is 0. The lowest BCUT2D eigenvalue weighted by Crippen LogP contribution is -2.44. The highest BCUT2D eigenvalue weighted by atomic mass is 35.5. The molecule has 8 heteroatoms. The molecular weight excluding hydrogens is 368 g/mol. The summed E-state index contributed by atoms with van der Waals surface area (Å²) in [6, 6.07) is 7.43. The van der Waals surface area contributed by atoms with Gasteiger partial charge in [0, 0.05) is 37.8 Å². The molecule has 3 N–H and O–H groups in total. The van der Waals surface area contributed by atoms with Crippen molar-refractivity contribution < 1.29 is 14.3 Å². The van der Waals surface area contributed by atoms with Crippen molar-refractivity contribution in [3.63, 3.8) is 0 Å². The van der Waals surface area contributed by atoms with E-state index in [1.807, 2.05) is 45.0 Å². The smallest absolute Gasteiger partial charge is 0.321 e. The molecule has 2 atom stereocenters. The minimum absolute atomic E-state index is 0. The Bertz CT molecular complexity index is 587. The van der Waals surface area contributed by atoms with Crippen LogP contribution >= 0.6 is 12.4 Å². The van der Waals surface area contributed by atoms with Gasteiger partial charge in [-0.05, 0) is 38.5 Å². The maximum Gasteiger partial charge on any atom is 0.321 e. The van der Waals surface area contributed by atoms with Gasteiger partial charge in [0.1, 0.15) is 0 Å². The molecule has 27 heavy (non-hydrogen) atoms. The highest BCUT2D eigenvalue weighted by molar-refractivity contribution is 5.89. The molecule has 0 saturated carbocycles. The molecule has 1 heterocycles. The average Bonchev–Trinajstić information content (AvgIpc) is 2.64. The third-order valence-corrected chi connectivity index (χ3v) is 4.52. The van der Waals surface area contributed by atoms with Crippen LogP contribution in [-0.4, -0.2) is 55.7 Å². The average molecular weight is 399 g/mol. The van der Waals surface area contributed by atoms with Crippen LogP contribution in [-0.2, 0) is 9.53 Å². The van der Waals surface area contributed by atoms with Crippen molar-refractivity contribution in [3.05, 3.63) is 29.8 Å². The second kappa shape index (κ2) is 11.8. The fourth-order valence-corrected chi connectivity index (χ4v) is 2.93. The first-order chi connectivity index (χ1) is 12.5. The van der Waals surface area contributed by atoms with Crippen LogP contribution in [0, 0.1) is 0 Å². The zero-order valence-electron chi connectivity index (χ0n) is 16.3. The number of rotatable bonds is 7. The number of nitrogens with zero attached hydrogens (tertiary/aromatic N) is 1. The first-order valence-electron chi connectivity index (χ1n) is 9.29. The molecule has 1 fully saturated rings. The van der Waals surface area contributed by atoms with Crippen molar-refractivity contribution in [3.8, 4) is 0 Å². The second-order valence-corrected chi connectivity index (χ2v) is 6.44. The fourth-order valence-electron chi connectivity index (χ4n) is 2.93. The minimum atomic E-state index is -0.105. The molecule has 3 amide bonds. The van der Waals surface area contributed by atoms with E-state index in [1.54, 1.807) is 4.90 Å². The monoisotopic (exact) mass is 398 g/mol. The maximum absolute atomic E-state index is 12.2. The molecule has 0 aromatic heterocycles. The zero-order valence-corrected chi connectivity index (χ0v) is 17.1. The van der Waals surface area contributed by atoms with Gasteiger partial charge in [0.05, 0.1) is 19.3 Å². The van der Waals surface area contributed by atoms with Crippen molar-refractivity contribution in [2.45, 2.75) is 39.3 Å². The lowest BCUT2D eigenvalue weighted by Gasteiger charge is -2.24. The Labute approximate surface area is 167 Å². The van der Waals surface area contributed by atoms with E-state index in [2.05, 4.69) is 16.0 Å². The standard InChI is InChI=1S/C19H30N4O3.ClH/c1-4-23(5-2)19(25)22-16-8-6-15(7-9-16)14(3)21-18(24)12-17-13-26-11-10-20-17;/h6-9,14,17,20H,4-5,10-13H2,1-3H3,(H,21,24)(H,22,25);1H. The normalized spacial score (nSPS) is 17.4. The van der Waals surface area contributed by atoms with Gasteiger partial charge in [-0.15, -0.1) is 12.4 Å². The largest absolute Gasteiger partial charge is 0.378 e. The number of ether oxygens (including phenoxy) is 1. The first-order valence-corrected chi connectivity index (χ1v) is 9.29. The van der Waals surface area contributed by atoms with Crippen molar-refractivity contribution in [2.24, 2.45) is 0 Å². The summed E-state index contributed by atoms with van der Waals surface area (Å²) in [6.07, 6.45) is 0.405. The molecule has 0 aliphatic carbocycles. The Morgan fingerprint density at radius 1 is 1.26 bits per heavy atom. The number of halogens is 1. The molecule has 0 bridgehead atoms. The van der Waals surface area contributed by atoms with E-state index < -0.39 is 0 Å². The van der Waals surface area contributed by atoms with Gasteiger partial charge in [-0.2, -0.15) is 0 Å². The number of carbonyl (C=O) groups excluding carboxylic acids is 2. The minimum Gasteiger partial charge on any atom is -0.378 e. The lowest BCUT2D eigenvalue weighted by atomic mass is 10.1. The summed E-state index contributed by atoms with van der Waals surface area (Å²) in [5.41, 5.74) is 1.74. The molecule has 0 radical (unpaired) electrons. The molecule has 1 saturated heterocycles. The fraction of sp³-hybridized carbons (Fsp3) is 0.579. The van der Waals surface area contributed by atoms with Gasteiger partial charge >= 0.3 is 6.03 Å². The van der Waals surface area contributed by atoms with Gasteiger partial charge < -0.3 is 25.6 Å². The van der Waals surface area contributed by atoms with E-state index >= 15 is 0 Å². The Hall–Kier alpha value is -1.83.